The number of hydrogen-bond acceptors (Lipinski definition) is 2. The highest BCUT2D eigenvalue weighted by atomic mass is 127. The van der Waals surface area contributed by atoms with Crippen LogP contribution in [0.1, 0.15) is 39.5 Å². The number of hydrogen-bond donors (Lipinski definition) is 1. The molecule has 0 unspecified atom stereocenters. The SMILES string of the molecule is CN=C(NCCN1CCC(C)CC1)N1CCC(C)CC1.I. The van der Waals surface area contributed by atoms with E-state index in [0.29, 0.717) is 0 Å². The van der Waals surface area contributed by atoms with Crippen LogP contribution in [0.15, 0.2) is 4.99 Å². The summed E-state index contributed by atoms with van der Waals surface area (Å²) in [6.07, 6.45) is 5.31. The molecule has 2 rings (SSSR count). The lowest BCUT2D eigenvalue weighted by Gasteiger charge is -2.34. The first-order valence-corrected chi connectivity index (χ1v) is 8.37. The van der Waals surface area contributed by atoms with E-state index in [4.69, 9.17) is 0 Å². The molecule has 0 aliphatic carbocycles. The maximum absolute atomic E-state index is 4.44. The monoisotopic (exact) mass is 408 g/mol. The molecule has 0 radical (unpaired) electrons. The Kier molecular flexibility index (Phi) is 8.94. The Morgan fingerprint density at radius 2 is 1.52 bits per heavy atom. The fourth-order valence-electron chi connectivity index (χ4n) is 3.16. The van der Waals surface area contributed by atoms with E-state index in [-0.39, 0.29) is 24.0 Å². The van der Waals surface area contributed by atoms with Gasteiger partial charge in [0, 0.05) is 33.2 Å². The summed E-state index contributed by atoms with van der Waals surface area (Å²) in [5.41, 5.74) is 0. The molecule has 4 nitrogen and oxygen atoms in total. The first-order chi connectivity index (χ1) is 9.69. The summed E-state index contributed by atoms with van der Waals surface area (Å²) in [7, 11) is 1.91. The summed E-state index contributed by atoms with van der Waals surface area (Å²) >= 11 is 0. The molecule has 2 aliphatic heterocycles. The molecule has 2 saturated heterocycles. The van der Waals surface area contributed by atoms with Gasteiger partial charge in [-0.1, -0.05) is 13.8 Å². The van der Waals surface area contributed by atoms with Crippen molar-refractivity contribution in [3.05, 3.63) is 0 Å². The number of aliphatic imine (C=N–C) groups is 1. The lowest BCUT2D eigenvalue weighted by Crippen LogP contribution is -2.47. The predicted molar refractivity (Wildman–Crippen MR) is 102 cm³/mol. The van der Waals surface area contributed by atoms with Crippen molar-refractivity contribution >= 4 is 29.9 Å². The van der Waals surface area contributed by atoms with Gasteiger partial charge in [-0.15, -0.1) is 24.0 Å². The Morgan fingerprint density at radius 1 is 1.00 bits per heavy atom. The van der Waals surface area contributed by atoms with Gasteiger partial charge < -0.3 is 15.1 Å². The molecular formula is C16H33IN4. The number of piperidine rings is 2. The molecule has 5 heteroatoms. The second kappa shape index (κ2) is 9.87. The van der Waals surface area contributed by atoms with Crippen molar-refractivity contribution in [1.29, 1.82) is 0 Å². The van der Waals surface area contributed by atoms with Crippen molar-refractivity contribution in [3.8, 4) is 0 Å². The Balaban J connectivity index is 0.00000220. The van der Waals surface area contributed by atoms with E-state index in [1.165, 1.54) is 38.8 Å². The molecule has 1 N–H and O–H groups in total. The molecule has 0 atom stereocenters. The zero-order valence-electron chi connectivity index (χ0n) is 14.0. The van der Waals surface area contributed by atoms with E-state index in [0.717, 1.165) is 44.0 Å². The molecule has 0 aromatic heterocycles. The minimum absolute atomic E-state index is 0. The standard InChI is InChI=1S/C16H32N4.HI/c1-14-4-9-19(10-5-14)13-8-18-16(17-3)20-11-6-15(2)7-12-20;/h14-15H,4-13H2,1-3H3,(H,17,18);1H. The molecular weight excluding hydrogens is 375 g/mol. The average Bonchev–Trinajstić information content (AvgIpc) is 2.47. The molecule has 2 heterocycles. The van der Waals surface area contributed by atoms with Crippen LogP contribution in [0.25, 0.3) is 0 Å². The van der Waals surface area contributed by atoms with Crippen molar-refractivity contribution < 1.29 is 0 Å². The maximum Gasteiger partial charge on any atom is 0.193 e. The van der Waals surface area contributed by atoms with Crippen LogP contribution < -0.4 is 5.32 Å². The summed E-state index contributed by atoms with van der Waals surface area (Å²) in [6, 6.07) is 0. The molecule has 0 aromatic rings. The van der Waals surface area contributed by atoms with Crippen molar-refractivity contribution in [3.63, 3.8) is 0 Å². The van der Waals surface area contributed by atoms with Crippen LogP contribution in [0.5, 0.6) is 0 Å². The largest absolute Gasteiger partial charge is 0.355 e. The Hall–Kier alpha value is -0.0400. The van der Waals surface area contributed by atoms with Crippen LogP contribution in [0.2, 0.25) is 0 Å². The number of nitrogens with zero attached hydrogens (tertiary/aromatic N) is 3. The summed E-state index contributed by atoms with van der Waals surface area (Å²) < 4.78 is 0. The summed E-state index contributed by atoms with van der Waals surface area (Å²) in [4.78, 5) is 9.44. The van der Waals surface area contributed by atoms with Crippen molar-refractivity contribution in [2.75, 3.05) is 46.3 Å². The van der Waals surface area contributed by atoms with Crippen LogP contribution in [0, 0.1) is 11.8 Å². The third kappa shape index (κ3) is 6.30. The third-order valence-corrected chi connectivity index (χ3v) is 4.88. The van der Waals surface area contributed by atoms with Crippen molar-refractivity contribution in [2.45, 2.75) is 39.5 Å². The quantitative estimate of drug-likeness (QED) is 0.443. The van der Waals surface area contributed by atoms with Gasteiger partial charge >= 0.3 is 0 Å². The zero-order chi connectivity index (χ0) is 14.4. The summed E-state index contributed by atoms with van der Waals surface area (Å²) in [5, 5.41) is 3.55. The minimum Gasteiger partial charge on any atom is -0.355 e. The summed E-state index contributed by atoms with van der Waals surface area (Å²) in [5.74, 6) is 2.89. The second-order valence-electron chi connectivity index (χ2n) is 6.67. The number of guanidine groups is 1. The molecule has 2 fully saturated rings. The molecule has 0 saturated carbocycles. The van der Waals surface area contributed by atoms with Gasteiger partial charge in [-0.3, -0.25) is 4.99 Å². The predicted octanol–water partition coefficient (Wildman–Crippen LogP) is 2.64. The van der Waals surface area contributed by atoms with E-state index in [9.17, 15) is 0 Å². The van der Waals surface area contributed by atoms with E-state index < -0.39 is 0 Å². The fraction of sp³-hybridized carbons (Fsp3) is 0.938. The van der Waals surface area contributed by atoms with Gasteiger partial charge in [0.05, 0.1) is 0 Å². The summed E-state index contributed by atoms with van der Waals surface area (Å²) in [6.45, 7) is 11.7. The molecule has 2 aliphatic rings. The smallest absolute Gasteiger partial charge is 0.193 e. The lowest BCUT2D eigenvalue weighted by atomic mass is 9.99. The van der Waals surface area contributed by atoms with E-state index in [1.807, 2.05) is 7.05 Å². The van der Waals surface area contributed by atoms with Crippen LogP contribution in [0.4, 0.5) is 0 Å². The van der Waals surface area contributed by atoms with Gasteiger partial charge in [0.2, 0.25) is 0 Å². The zero-order valence-corrected chi connectivity index (χ0v) is 16.3. The molecule has 0 aromatic carbocycles. The highest BCUT2D eigenvalue weighted by Crippen LogP contribution is 2.16. The lowest BCUT2D eigenvalue weighted by molar-refractivity contribution is 0.194. The van der Waals surface area contributed by atoms with Gasteiger partial charge in [0.25, 0.3) is 0 Å². The average molecular weight is 408 g/mol. The normalized spacial score (nSPS) is 23.0. The maximum atomic E-state index is 4.44. The van der Waals surface area contributed by atoms with Gasteiger partial charge in [-0.25, -0.2) is 0 Å². The van der Waals surface area contributed by atoms with Crippen LogP contribution in [0.3, 0.4) is 0 Å². The van der Waals surface area contributed by atoms with Gasteiger partial charge in [0.15, 0.2) is 5.96 Å². The Morgan fingerprint density at radius 3 is 2.05 bits per heavy atom. The Bertz CT molecular complexity index is 305. The van der Waals surface area contributed by atoms with Crippen LogP contribution in [-0.2, 0) is 0 Å². The molecule has 124 valence electrons. The highest BCUT2D eigenvalue weighted by molar-refractivity contribution is 14.0. The van der Waals surface area contributed by atoms with Gasteiger partial charge in [0.1, 0.15) is 0 Å². The second-order valence-corrected chi connectivity index (χ2v) is 6.67. The van der Waals surface area contributed by atoms with Crippen molar-refractivity contribution in [2.24, 2.45) is 16.8 Å². The van der Waals surface area contributed by atoms with Gasteiger partial charge in [-0.2, -0.15) is 0 Å². The number of likely N-dealkylation sites (tertiary alicyclic amines) is 2. The van der Waals surface area contributed by atoms with Gasteiger partial charge in [-0.05, 0) is 50.6 Å². The molecule has 21 heavy (non-hydrogen) atoms. The minimum atomic E-state index is 0. The molecule has 0 bridgehead atoms. The molecule has 0 spiro atoms. The van der Waals surface area contributed by atoms with Crippen molar-refractivity contribution in [1.82, 2.24) is 15.1 Å². The van der Waals surface area contributed by atoms with Crippen LogP contribution in [-0.4, -0.2) is 62.1 Å². The first-order valence-electron chi connectivity index (χ1n) is 8.37. The number of nitrogens with one attached hydrogen (secondary N) is 1. The molecule has 0 amide bonds. The van der Waals surface area contributed by atoms with E-state index in [1.54, 1.807) is 0 Å². The number of halogens is 1. The first kappa shape index (κ1) is 19.0. The van der Waals surface area contributed by atoms with Crippen LogP contribution >= 0.6 is 24.0 Å². The van der Waals surface area contributed by atoms with E-state index in [2.05, 4.69) is 34.0 Å². The number of rotatable bonds is 3. The third-order valence-electron chi connectivity index (χ3n) is 4.88. The Labute approximate surface area is 147 Å². The topological polar surface area (TPSA) is 30.9 Å². The fourth-order valence-corrected chi connectivity index (χ4v) is 3.16. The van der Waals surface area contributed by atoms with E-state index >= 15 is 0 Å². The highest BCUT2D eigenvalue weighted by Gasteiger charge is 2.19.